The minimum absolute atomic E-state index is 0.200. The van der Waals surface area contributed by atoms with Crippen LogP contribution in [0.1, 0.15) is 12.0 Å². The SMILES string of the molecule is C=C1COc2ccc(C)cc2N1CCCO. The molecule has 0 amide bonds. The first kappa shape index (κ1) is 11.0. The third kappa shape index (κ3) is 2.04. The van der Waals surface area contributed by atoms with Crippen molar-refractivity contribution in [2.24, 2.45) is 0 Å². The van der Waals surface area contributed by atoms with E-state index in [-0.39, 0.29) is 6.61 Å². The Labute approximate surface area is 96.0 Å². The smallest absolute Gasteiger partial charge is 0.143 e. The van der Waals surface area contributed by atoms with Crippen molar-refractivity contribution < 1.29 is 9.84 Å². The van der Waals surface area contributed by atoms with Gasteiger partial charge < -0.3 is 14.7 Å². The maximum Gasteiger partial charge on any atom is 0.143 e. The zero-order valence-corrected chi connectivity index (χ0v) is 9.57. The van der Waals surface area contributed by atoms with Gasteiger partial charge in [-0.2, -0.15) is 0 Å². The molecule has 1 heterocycles. The minimum atomic E-state index is 0.200. The number of hydrogen-bond acceptors (Lipinski definition) is 3. The van der Waals surface area contributed by atoms with Crippen LogP contribution in [0.3, 0.4) is 0 Å². The summed E-state index contributed by atoms with van der Waals surface area (Å²) in [5.74, 6) is 0.899. The Morgan fingerprint density at radius 3 is 3.06 bits per heavy atom. The van der Waals surface area contributed by atoms with Gasteiger partial charge in [-0.25, -0.2) is 0 Å². The molecule has 0 unspecified atom stereocenters. The third-order valence-corrected chi connectivity index (χ3v) is 2.72. The van der Waals surface area contributed by atoms with Crippen LogP contribution in [0, 0.1) is 6.92 Å². The molecule has 86 valence electrons. The standard InChI is InChI=1S/C13H17NO2/c1-10-4-5-13-12(8-10)14(6-3-7-15)11(2)9-16-13/h4-5,8,15H,2-3,6-7,9H2,1H3. The average Bonchev–Trinajstić information content (AvgIpc) is 2.28. The summed E-state index contributed by atoms with van der Waals surface area (Å²) in [6, 6.07) is 6.12. The Kier molecular flexibility index (Phi) is 3.15. The molecule has 2 rings (SSSR count). The number of aryl methyl sites for hydroxylation is 1. The molecule has 1 N–H and O–H groups in total. The first-order chi connectivity index (χ1) is 7.72. The Morgan fingerprint density at radius 1 is 1.50 bits per heavy atom. The van der Waals surface area contributed by atoms with E-state index in [4.69, 9.17) is 9.84 Å². The lowest BCUT2D eigenvalue weighted by Crippen LogP contribution is -2.31. The van der Waals surface area contributed by atoms with E-state index < -0.39 is 0 Å². The van der Waals surface area contributed by atoms with Crippen LogP contribution in [0.2, 0.25) is 0 Å². The highest BCUT2D eigenvalue weighted by atomic mass is 16.5. The number of anilines is 1. The van der Waals surface area contributed by atoms with Crippen molar-refractivity contribution in [2.75, 3.05) is 24.7 Å². The van der Waals surface area contributed by atoms with E-state index in [9.17, 15) is 0 Å². The van der Waals surface area contributed by atoms with Gasteiger partial charge >= 0.3 is 0 Å². The van der Waals surface area contributed by atoms with Crippen LogP contribution >= 0.6 is 0 Å². The number of fused-ring (bicyclic) bond motifs is 1. The molecule has 16 heavy (non-hydrogen) atoms. The van der Waals surface area contributed by atoms with Crippen molar-refractivity contribution in [1.29, 1.82) is 0 Å². The lowest BCUT2D eigenvalue weighted by molar-refractivity contribution is 0.286. The monoisotopic (exact) mass is 219 g/mol. The lowest BCUT2D eigenvalue weighted by atomic mass is 10.1. The quantitative estimate of drug-likeness (QED) is 0.845. The predicted octanol–water partition coefficient (Wildman–Crippen LogP) is 2.09. The summed E-state index contributed by atoms with van der Waals surface area (Å²) in [6.45, 7) is 7.57. The van der Waals surface area contributed by atoms with E-state index in [1.54, 1.807) is 0 Å². The first-order valence-corrected chi connectivity index (χ1v) is 5.52. The molecule has 0 atom stereocenters. The highest BCUT2D eigenvalue weighted by Crippen LogP contribution is 2.35. The van der Waals surface area contributed by atoms with Crippen LogP contribution in [0.4, 0.5) is 5.69 Å². The van der Waals surface area contributed by atoms with Crippen molar-refractivity contribution in [1.82, 2.24) is 0 Å². The zero-order valence-electron chi connectivity index (χ0n) is 9.57. The summed E-state index contributed by atoms with van der Waals surface area (Å²) in [5.41, 5.74) is 3.21. The van der Waals surface area contributed by atoms with Gasteiger partial charge in [0.1, 0.15) is 12.4 Å². The molecule has 1 aliphatic heterocycles. The summed E-state index contributed by atoms with van der Waals surface area (Å²) in [6.07, 6.45) is 0.742. The fourth-order valence-corrected chi connectivity index (χ4v) is 1.88. The van der Waals surface area contributed by atoms with Gasteiger partial charge in [-0.3, -0.25) is 0 Å². The van der Waals surface area contributed by atoms with Gasteiger partial charge in [0, 0.05) is 18.8 Å². The third-order valence-electron chi connectivity index (χ3n) is 2.72. The average molecular weight is 219 g/mol. The summed E-state index contributed by atoms with van der Waals surface area (Å²) in [5, 5.41) is 8.90. The molecule has 0 spiro atoms. The molecule has 0 aliphatic carbocycles. The summed E-state index contributed by atoms with van der Waals surface area (Å²) < 4.78 is 5.60. The number of aliphatic hydroxyl groups is 1. The number of ether oxygens (including phenoxy) is 1. The minimum Gasteiger partial charge on any atom is -0.485 e. The van der Waals surface area contributed by atoms with E-state index in [1.165, 1.54) is 5.56 Å². The molecule has 1 aromatic rings. The van der Waals surface area contributed by atoms with Crippen molar-refractivity contribution in [2.45, 2.75) is 13.3 Å². The molecule has 1 aliphatic rings. The first-order valence-electron chi connectivity index (χ1n) is 5.52. The van der Waals surface area contributed by atoms with Gasteiger partial charge in [0.2, 0.25) is 0 Å². The molecule has 3 nitrogen and oxygen atoms in total. The molecule has 3 heteroatoms. The zero-order chi connectivity index (χ0) is 11.5. The van der Waals surface area contributed by atoms with Crippen molar-refractivity contribution in [3.63, 3.8) is 0 Å². The Bertz CT molecular complexity index is 401. The van der Waals surface area contributed by atoms with E-state index in [0.717, 1.165) is 30.1 Å². The number of rotatable bonds is 3. The van der Waals surface area contributed by atoms with Gasteiger partial charge in [-0.05, 0) is 31.0 Å². The van der Waals surface area contributed by atoms with Gasteiger partial charge in [0.15, 0.2) is 0 Å². The van der Waals surface area contributed by atoms with Crippen molar-refractivity contribution >= 4 is 5.69 Å². The van der Waals surface area contributed by atoms with Crippen molar-refractivity contribution in [3.05, 3.63) is 36.0 Å². The molecular weight excluding hydrogens is 202 g/mol. The van der Waals surface area contributed by atoms with Crippen LogP contribution in [-0.4, -0.2) is 24.9 Å². The maximum atomic E-state index is 8.90. The fourth-order valence-electron chi connectivity index (χ4n) is 1.88. The highest BCUT2D eigenvalue weighted by Gasteiger charge is 2.20. The fraction of sp³-hybridized carbons (Fsp3) is 0.385. The number of nitrogens with zero attached hydrogens (tertiary/aromatic N) is 1. The molecular formula is C13H17NO2. The van der Waals surface area contributed by atoms with Gasteiger partial charge in [0.05, 0.1) is 5.69 Å². The van der Waals surface area contributed by atoms with Gasteiger partial charge in [-0.1, -0.05) is 12.6 Å². The number of benzene rings is 1. The summed E-state index contributed by atoms with van der Waals surface area (Å²) >= 11 is 0. The summed E-state index contributed by atoms with van der Waals surface area (Å²) in [7, 11) is 0. The maximum absolute atomic E-state index is 8.90. The second-order valence-electron chi connectivity index (χ2n) is 4.05. The highest BCUT2D eigenvalue weighted by molar-refractivity contribution is 5.65. The van der Waals surface area contributed by atoms with E-state index >= 15 is 0 Å². The lowest BCUT2D eigenvalue weighted by Gasteiger charge is -2.33. The van der Waals surface area contributed by atoms with E-state index in [2.05, 4.69) is 24.5 Å². The van der Waals surface area contributed by atoms with Gasteiger partial charge in [0.25, 0.3) is 0 Å². The largest absolute Gasteiger partial charge is 0.485 e. The van der Waals surface area contributed by atoms with E-state index in [0.29, 0.717) is 6.61 Å². The van der Waals surface area contributed by atoms with Gasteiger partial charge in [-0.15, -0.1) is 0 Å². The van der Waals surface area contributed by atoms with Crippen LogP contribution in [0.15, 0.2) is 30.5 Å². The summed E-state index contributed by atoms with van der Waals surface area (Å²) in [4.78, 5) is 2.13. The molecule has 0 saturated heterocycles. The van der Waals surface area contributed by atoms with Crippen LogP contribution in [0.5, 0.6) is 5.75 Å². The Hall–Kier alpha value is -1.48. The molecule has 0 radical (unpaired) electrons. The normalized spacial score (nSPS) is 14.6. The Balaban J connectivity index is 2.31. The topological polar surface area (TPSA) is 32.7 Å². The molecule has 0 aromatic heterocycles. The van der Waals surface area contributed by atoms with Crippen LogP contribution < -0.4 is 9.64 Å². The molecule has 0 bridgehead atoms. The second-order valence-corrected chi connectivity index (χ2v) is 4.05. The molecule has 0 fully saturated rings. The molecule has 1 aromatic carbocycles. The predicted molar refractivity (Wildman–Crippen MR) is 64.9 cm³/mol. The van der Waals surface area contributed by atoms with E-state index in [1.807, 2.05) is 12.1 Å². The molecule has 0 saturated carbocycles. The second kappa shape index (κ2) is 4.58. The van der Waals surface area contributed by atoms with Crippen LogP contribution in [-0.2, 0) is 0 Å². The van der Waals surface area contributed by atoms with Crippen molar-refractivity contribution in [3.8, 4) is 5.75 Å². The number of hydrogen-bond donors (Lipinski definition) is 1. The number of aliphatic hydroxyl groups excluding tert-OH is 1. The van der Waals surface area contributed by atoms with Crippen LogP contribution in [0.25, 0.3) is 0 Å². The Morgan fingerprint density at radius 2 is 2.31 bits per heavy atom.